The topological polar surface area (TPSA) is 160 Å². The van der Waals surface area contributed by atoms with Gasteiger partial charge < -0.3 is 25.8 Å². The van der Waals surface area contributed by atoms with Crippen LogP contribution in [0.2, 0.25) is 0 Å². The highest BCUT2D eigenvalue weighted by atomic mass is 32.3. The molecule has 0 saturated carbocycles. The monoisotopic (exact) mass is 259 g/mol. The maximum absolute atomic E-state index is 10.4. The number of ether oxygens (including phenoxy) is 1. The second-order valence-electron chi connectivity index (χ2n) is 3.27. The molecule has 9 nitrogen and oxygen atoms in total. The van der Waals surface area contributed by atoms with Crippen molar-refractivity contribution in [3.8, 4) is 0 Å². The van der Waals surface area contributed by atoms with Crippen LogP contribution in [0.15, 0.2) is 0 Å². The predicted octanol–water partition coefficient (Wildman–Crippen LogP) is -3.43. The Morgan fingerprint density at radius 3 is 2.25 bits per heavy atom. The second kappa shape index (κ2) is 4.89. The van der Waals surface area contributed by atoms with Crippen LogP contribution in [0.25, 0.3) is 0 Å². The van der Waals surface area contributed by atoms with E-state index in [4.69, 9.17) is 15.4 Å². The molecule has 6 N–H and O–H groups in total. The third kappa shape index (κ3) is 3.09. The quantitative estimate of drug-likeness (QED) is 0.325. The van der Waals surface area contributed by atoms with Crippen molar-refractivity contribution >= 4 is 10.4 Å². The van der Waals surface area contributed by atoms with E-state index in [1.54, 1.807) is 0 Å². The van der Waals surface area contributed by atoms with Gasteiger partial charge in [-0.3, -0.25) is 4.55 Å². The van der Waals surface area contributed by atoms with Crippen LogP contribution in [0, 0.1) is 0 Å². The molecule has 1 rings (SSSR count). The molecule has 0 bridgehead atoms. The van der Waals surface area contributed by atoms with Gasteiger partial charge >= 0.3 is 10.4 Å². The molecular formula is C6H13NO8S. The Kier molecular flexibility index (Phi) is 4.20. The summed E-state index contributed by atoms with van der Waals surface area (Å²) in [5.41, 5.74) is 5.18. The molecule has 1 fully saturated rings. The molecule has 1 aliphatic heterocycles. The molecule has 96 valence electrons. The van der Waals surface area contributed by atoms with Crippen LogP contribution in [0.3, 0.4) is 0 Å². The summed E-state index contributed by atoms with van der Waals surface area (Å²) in [6.45, 7) is -0.226. The number of aliphatic hydroxyl groups is 3. The SMILES string of the molecule is NC[C@H]1O[C@H](O)[C@@H](O)[C@@H](OS(=O)(=O)O)[C@@H]1O. The Bertz CT molecular complexity index is 331. The Labute approximate surface area is 91.3 Å². The van der Waals surface area contributed by atoms with Crippen molar-refractivity contribution in [3.05, 3.63) is 0 Å². The first-order valence-electron chi connectivity index (χ1n) is 4.31. The molecule has 10 heteroatoms. The van der Waals surface area contributed by atoms with Gasteiger partial charge in [-0.05, 0) is 0 Å². The number of nitrogens with two attached hydrogens (primary N) is 1. The highest BCUT2D eigenvalue weighted by Crippen LogP contribution is 2.22. The molecule has 1 heterocycles. The Morgan fingerprint density at radius 1 is 1.25 bits per heavy atom. The van der Waals surface area contributed by atoms with Crippen LogP contribution in [-0.2, 0) is 19.3 Å². The zero-order chi connectivity index (χ0) is 12.5. The van der Waals surface area contributed by atoms with Gasteiger partial charge in [-0.1, -0.05) is 0 Å². The standard InChI is InChI=1S/C6H13NO8S/c7-1-2-3(8)5(15-16(11,12)13)4(9)6(10)14-2/h2-6,8-10H,1,7H2,(H,11,12,13)/t2-,3-,4+,5+,6+/m1/s1. The molecule has 0 amide bonds. The van der Waals surface area contributed by atoms with E-state index in [2.05, 4.69) is 8.92 Å². The van der Waals surface area contributed by atoms with Crippen molar-refractivity contribution in [1.82, 2.24) is 0 Å². The van der Waals surface area contributed by atoms with E-state index in [1.807, 2.05) is 0 Å². The van der Waals surface area contributed by atoms with Gasteiger partial charge in [-0.15, -0.1) is 0 Å². The predicted molar refractivity (Wildman–Crippen MR) is 48.4 cm³/mol. The van der Waals surface area contributed by atoms with Crippen LogP contribution in [0.4, 0.5) is 0 Å². The van der Waals surface area contributed by atoms with Gasteiger partial charge in [0.1, 0.15) is 24.4 Å². The normalized spacial score (nSPS) is 40.9. The lowest BCUT2D eigenvalue weighted by Gasteiger charge is -2.39. The molecule has 0 aliphatic carbocycles. The smallest absolute Gasteiger partial charge is 0.387 e. The Hall–Kier alpha value is -0.330. The molecule has 5 atom stereocenters. The summed E-state index contributed by atoms with van der Waals surface area (Å²) in [7, 11) is -4.87. The molecule has 0 aromatic heterocycles. The third-order valence-electron chi connectivity index (χ3n) is 2.13. The fourth-order valence-corrected chi connectivity index (χ4v) is 1.87. The average molecular weight is 259 g/mol. The molecule has 1 aliphatic rings. The van der Waals surface area contributed by atoms with E-state index in [0.717, 1.165) is 0 Å². The first kappa shape index (κ1) is 13.7. The molecule has 0 radical (unpaired) electrons. The minimum atomic E-state index is -4.87. The van der Waals surface area contributed by atoms with Crippen molar-refractivity contribution in [2.75, 3.05) is 6.54 Å². The summed E-state index contributed by atoms with van der Waals surface area (Å²) in [5.74, 6) is 0. The maximum Gasteiger partial charge on any atom is 0.397 e. The van der Waals surface area contributed by atoms with Crippen LogP contribution in [0.5, 0.6) is 0 Å². The average Bonchev–Trinajstić information content (AvgIpc) is 2.17. The minimum absolute atomic E-state index is 0.226. The largest absolute Gasteiger partial charge is 0.397 e. The first-order valence-corrected chi connectivity index (χ1v) is 5.68. The van der Waals surface area contributed by atoms with E-state index in [9.17, 15) is 18.6 Å². The van der Waals surface area contributed by atoms with Gasteiger partial charge in [-0.25, -0.2) is 4.18 Å². The fourth-order valence-electron chi connectivity index (χ4n) is 1.37. The van der Waals surface area contributed by atoms with Gasteiger partial charge in [0.15, 0.2) is 6.29 Å². The lowest BCUT2D eigenvalue weighted by molar-refractivity contribution is -0.274. The van der Waals surface area contributed by atoms with Crippen molar-refractivity contribution in [3.63, 3.8) is 0 Å². The van der Waals surface area contributed by atoms with Gasteiger partial charge in [-0.2, -0.15) is 8.42 Å². The Balaban J connectivity index is 2.85. The van der Waals surface area contributed by atoms with Gasteiger partial charge in [0.25, 0.3) is 0 Å². The highest BCUT2D eigenvalue weighted by molar-refractivity contribution is 7.80. The number of hydrogen-bond donors (Lipinski definition) is 5. The van der Waals surface area contributed by atoms with Gasteiger partial charge in [0.2, 0.25) is 0 Å². The first-order chi connectivity index (χ1) is 7.26. The molecule has 0 spiro atoms. The van der Waals surface area contributed by atoms with Gasteiger partial charge in [0.05, 0.1) is 0 Å². The Morgan fingerprint density at radius 2 is 1.81 bits per heavy atom. The van der Waals surface area contributed by atoms with E-state index in [0.29, 0.717) is 0 Å². The summed E-state index contributed by atoms with van der Waals surface area (Å²) in [6.07, 6.45) is -8.02. The molecule has 1 saturated heterocycles. The van der Waals surface area contributed by atoms with Crippen molar-refractivity contribution in [2.45, 2.75) is 30.7 Å². The van der Waals surface area contributed by atoms with Crippen LogP contribution >= 0.6 is 0 Å². The highest BCUT2D eigenvalue weighted by Gasteiger charge is 2.46. The summed E-state index contributed by atoms with van der Waals surface area (Å²) < 4.78 is 38.0. The minimum Gasteiger partial charge on any atom is -0.387 e. The summed E-state index contributed by atoms with van der Waals surface area (Å²) in [4.78, 5) is 0. The maximum atomic E-state index is 10.4. The number of hydrogen-bond acceptors (Lipinski definition) is 8. The number of rotatable bonds is 3. The van der Waals surface area contributed by atoms with E-state index in [-0.39, 0.29) is 6.54 Å². The molecule has 0 unspecified atom stereocenters. The molecular weight excluding hydrogens is 246 g/mol. The van der Waals surface area contributed by atoms with E-state index >= 15 is 0 Å². The zero-order valence-corrected chi connectivity index (χ0v) is 8.82. The van der Waals surface area contributed by atoms with Crippen molar-refractivity contribution in [1.29, 1.82) is 0 Å². The van der Waals surface area contributed by atoms with Gasteiger partial charge in [0, 0.05) is 6.54 Å². The zero-order valence-electron chi connectivity index (χ0n) is 8.00. The lowest BCUT2D eigenvalue weighted by atomic mass is 9.99. The summed E-state index contributed by atoms with van der Waals surface area (Å²) in [6, 6.07) is 0. The third-order valence-corrected chi connectivity index (χ3v) is 2.59. The lowest BCUT2D eigenvalue weighted by Crippen LogP contribution is -2.60. The number of aliphatic hydroxyl groups excluding tert-OH is 3. The molecule has 0 aromatic rings. The van der Waals surface area contributed by atoms with Crippen molar-refractivity contribution in [2.24, 2.45) is 5.73 Å². The van der Waals surface area contributed by atoms with E-state index < -0.39 is 41.1 Å². The van der Waals surface area contributed by atoms with Crippen LogP contribution < -0.4 is 5.73 Å². The summed E-state index contributed by atoms with van der Waals surface area (Å²) >= 11 is 0. The molecule has 16 heavy (non-hydrogen) atoms. The van der Waals surface area contributed by atoms with E-state index in [1.165, 1.54) is 0 Å². The second-order valence-corrected chi connectivity index (χ2v) is 4.32. The summed E-state index contributed by atoms with van der Waals surface area (Å²) in [5, 5.41) is 28.0. The van der Waals surface area contributed by atoms with Crippen LogP contribution in [-0.4, -0.2) is 65.5 Å². The molecule has 0 aromatic carbocycles. The van der Waals surface area contributed by atoms with Crippen LogP contribution in [0.1, 0.15) is 0 Å². The van der Waals surface area contributed by atoms with Crippen molar-refractivity contribution < 1.29 is 37.2 Å². The fraction of sp³-hybridized carbons (Fsp3) is 1.00.